The minimum atomic E-state index is -0.0300. The number of carbonyl (C=O) groups excluding carboxylic acids is 1. The molecule has 0 saturated carbocycles. The summed E-state index contributed by atoms with van der Waals surface area (Å²) in [4.78, 5) is 23.6. The number of aryl methyl sites for hydroxylation is 2. The van der Waals surface area contributed by atoms with Crippen molar-refractivity contribution in [2.75, 3.05) is 25.5 Å². The molecule has 168 valence electrons. The number of benzene rings is 2. The minimum absolute atomic E-state index is 0.0300. The lowest BCUT2D eigenvalue weighted by molar-refractivity contribution is -0.121. The first-order chi connectivity index (χ1) is 15.6. The van der Waals surface area contributed by atoms with E-state index in [1.165, 1.54) is 0 Å². The maximum absolute atomic E-state index is 13.2. The highest BCUT2D eigenvalue weighted by molar-refractivity contribution is 5.97. The van der Waals surface area contributed by atoms with Crippen LogP contribution in [0.25, 0.3) is 11.1 Å². The standard InChI is InChI=1S/C26H32N4O2/c1-4-25-27-18(2)24(28-25)17-30-15-7-8-20(16-30)26(31)29-23-10-6-5-9-22(23)19-11-13-21(32-3)14-12-19/h5-6,9-14,20H,4,7-8,15-17H2,1-3H3,(H,27,28)(H,29,31). The van der Waals surface area contributed by atoms with Crippen LogP contribution in [-0.4, -0.2) is 41.0 Å². The van der Waals surface area contributed by atoms with Gasteiger partial charge in [0, 0.05) is 36.5 Å². The van der Waals surface area contributed by atoms with Gasteiger partial charge in [0.25, 0.3) is 0 Å². The van der Waals surface area contributed by atoms with Crippen molar-refractivity contribution in [1.82, 2.24) is 14.9 Å². The molecule has 0 aliphatic carbocycles. The van der Waals surface area contributed by atoms with Crippen molar-refractivity contribution in [1.29, 1.82) is 0 Å². The number of H-pyrrole nitrogens is 1. The van der Waals surface area contributed by atoms with Crippen LogP contribution in [0.2, 0.25) is 0 Å². The van der Waals surface area contributed by atoms with Crippen molar-refractivity contribution in [2.24, 2.45) is 5.92 Å². The number of hydrogen-bond acceptors (Lipinski definition) is 4. The molecule has 1 fully saturated rings. The van der Waals surface area contributed by atoms with Crippen molar-refractivity contribution >= 4 is 11.6 Å². The van der Waals surface area contributed by atoms with Gasteiger partial charge in [0.1, 0.15) is 11.6 Å². The fourth-order valence-electron chi connectivity index (χ4n) is 4.36. The number of amides is 1. The Labute approximate surface area is 190 Å². The third-order valence-corrected chi connectivity index (χ3v) is 6.21. The second kappa shape index (κ2) is 10.0. The summed E-state index contributed by atoms with van der Waals surface area (Å²) in [7, 11) is 1.66. The van der Waals surface area contributed by atoms with Crippen LogP contribution in [0.5, 0.6) is 5.75 Å². The second-order valence-corrected chi connectivity index (χ2v) is 8.45. The largest absolute Gasteiger partial charge is 0.497 e. The van der Waals surface area contributed by atoms with Gasteiger partial charge in [0.05, 0.1) is 18.7 Å². The van der Waals surface area contributed by atoms with Gasteiger partial charge in [-0.15, -0.1) is 0 Å². The molecule has 32 heavy (non-hydrogen) atoms. The van der Waals surface area contributed by atoms with Crippen LogP contribution in [0.3, 0.4) is 0 Å². The van der Waals surface area contributed by atoms with Crippen molar-refractivity contribution in [3.05, 3.63) is 65.7 Å². The normalized spacial score (nSPS) is 16.7. The fraction of sp³-hybridized carbons (Fsp3) is 0.385. The highest BCUT2D eigenvalue weighted by Gasteiger charge is 2.27. The molecule has 1 atom stereocenters. The van der Waals surface area contributed by atoms with Crippen LogP contribution in [0.4, 0.5) is 5.69 Å². The number of carbonyl (C=O) groups is 1. The number of aromatic nitrogens is 2. The molecule has 0 radical (unpaired) electrons. The first kappa shape index (κ1) is 22.1. The van der Waals surface area contributed by atoms with Gasteiger partial charge in [-0.2, -0.15) is 0 Å². The number of aromatic amines is 1. The van der Waals surface area contributed by atoms with Crippen molar-refractivity contribution in [3.8, 4) is 16.9 Å². The monoisotopic (exact) mass is 432 g/mol. The molecule has 1 aliphatic rings. The molecular formula is C26H32N4O2. The zero-order valence-electron chi connectivity index (χ0n) is 19.1. The Morgan fingerprint density at radius 2 is 2.00 bits per heavy atom. The lowest BCUT2D eigenvalue weighted by Crippen LogP contribution is -2.40. The van der Waals surface area contributed by atoms with E-state index in [4.69, 9.17) is 9.72 Å². The zero-order chi connectivity index (χ0) is 22.5. The Hall–Kier alpha value is -3.12. The van der Waals surface area contributed by atoms with Gasteiger partial charge in [-0.05, 0) is 50.1 Å². The Bertz CT molecular complexity index is 1060. The Kier molecular flexibility index (Phi) is 6.90. The Balaban J connectivity index is 1.44. The van der Waals surface area contributed by atoms with E-state index in [0.717, 1.165) is 78.7 Å². The van der Waals surface area contributed by atoms with E-state index in [0.29, 0.717) is 0 Å². The predicted octanol–water partition coefficient (Wildman–Crippen LogP) is 4.81. The Morgan fingerprint density at radius 3 is 2.72 bits per heavy atom. The molecule has 1 unspecified atom stereocenters. The lowest BCUT2D eigenvalue weighted by atomic mass is 9.96. The van der Waals surface area contributed by atoms with Gasteiger partial charge < -0.3 is 15.0 Å². The third-order valence-electron chi connectivity index (χ3n) is 6.21. The van der Waals surface area contributed by atoms with Gasteiger partial charge in [-0.1, -0.05) is 37.3 Å². The molecule has 4 rings (SSSR count). The first-order valence-corrected chi connectivity index (χ1v) is 11.4. The van der Waals surface area contributed by atoms with E-state index in [1.807, 2.05) is 48.5 Å². The number of ether oxygens (including phenoxy) is 1. The maximum atomic E-state index is 13.2. The second-order valence-electron chi connectivity index (χ2n) is 8.45. The maximum Gasteiger partial charge on any atom is 0.228 e. The molecule has 2 aromatic carbocycles. The molecule has 6 heteroatoms. The molecule has 0 spiro atoms. The van der Waals surface area contributed by atoms with Gasteiger partial charge >= 0.3 is 0 Å². The highest BCUT2D eigenvalue weighted by atomic mass is 16.5. The molecule has 0 bridgehead atoms. The van der Waals surface area contributed by atoms with E-state index < -0.39 is 0 Å². The summed E-state index contributed by atoms with van der Waals surface area (Å²) in [6.45, 7) is 6.72. The molecule has 1 amide bonds. The summed E-state index contributed by atoms with van der Waals surface area (Å²) in [6.07, 6.45) is 2.83. The Morgan fingerprint density at radius 1 is 1.22 bits per heavy atom. The number of nitrogens with zero attached hydrogens (tertiary/aromatic N) is 2. The number of piperidine rings is 1. The molecule has 1 aliphatic heterocycles. The molecule has 2 N–H and O–H groups in total. The summed E-state index contributed by atoms with van der Waals surface area (Å²) >= 11 is 0. The van der Waals surface area contributed by atoms with Crippen molar-refractivity contribution in [3.63, 3.8) is 0 Å². The number of rotatable bonds is 7. The van der Waals surface area contributed by atoms with E-state index in [2.05, 4.69) is 29.0 Å². The zero-order valence-corrected chi connectivity index (χ0v) is 19.1. The van der Waals surface area contributed by atoms with Crippen LogP contribution in [0.15, 0.2) is 48.5 Å². The number of hydrogen-bond donors (Lipinski definition) is 2. The molecular weight excluding hydrogens is 400 g/mol. The SMILES string of the molecule is CCc1nc(CN2CCCC(C(=O)Nc3ccccc3-c3ccc(OC)cc3)C2)c(C)[nH]1. The van der Waals surface area contributed by atoms with Gasteiger partial charge in [-0.3, -0.25) is 9.69 Å². The summed E-state index contributed by atoms with van der Waals surface area (Å²) in [5, 5.41) is 3.20. The van der Waals surface area contributed by atoms with E-state index in [9.17, 15) is 4.79 Å². The summed E-state index contributed by atoms with van der Waals surface area (Å²) < 4.78 is 5.27. The summed E-state index contributed by atoms with van der Waals surface area (Å²) in [6, 6.07) is 15.9. The van der Waals surface area contributed by atoms with Gasteiger partial charge in [-0.25, -0.2) is 4.98 Å². The first-order valence-electron chi connectivity index (χ1n) is 11.4. The average Bonchev–Trinajstić information content (AvgIpc) is 3.19. The van der Waals surface area contributed by atoms with Crippen LogP contribution in [0, 0.1) is 12.8 Å². The smallest absolute Gasteiger partial charge is 0.228 e. The van der Waals surface area contributed by atoms with E-state index in [-0.39, 0.29) is 11.8 Å². The fourth-order valence-corrected chi connectivity index (χ4v) is 4.36. The quantitative estimate of drug-likeness (QED) is 0.562. The highest BCUT2D eigenvalue weighted by Crippen LogP contribution is 2.30. The molecule has 2 heterocycles. The van der Waals surface area contributed by atoms with Gasteiger partial charge in [0.2, 0.25) is 5.91 Å². The van der Waals surface area contributed by atoms with Gasteiger partial charge in [0.15, 0.2) is 0 Å². The predicted molar refractivity (Wildman–Crippen MR) is 128 cm³/mol. The van der Waals surface area contributed by atoms with Crippen molar-refractivity contribution in [2.45, 2.75) is 39.7 Å². The molecule has 1 aromatic heterocycles. The topological polar surface area (TPSA) is 70.2 Å². The third kappa shape index (κ3) is 5.02. The minimum Gasteiger partial charge on any atom is -0.497 e. The number of imidazole rings is 1. The number of likely N-dealkylation sites (tertiary alicyclic amines) is 1. The summed E-state index contributed by atoms with van der Waals surface area (Å²) in [5.74, 6) is 1.90. The number of para-hydroxylation sites is 1. The van der Waals surface area contributed by atoms with Crippen LogP contribution < -0.4 is 10.1 Å². The molecule has 1 saturated heterocycles. The average molecular weight is 433 g/mol. The van der Waals surface area contributed by atoms with E-state index >= 15 is 0 Å². The summed E-state index contributed by atoms with van der Waals surface area (Å²) in [5.41, 5.74) is 5.12. The van der Waals surface area contributed by atoms with E-state index in [1.54, 1.807) is 7.11 Å². The number of nitrogens with one attached hydrogen (secondary N) is 2. The number of methoxy groups -OCH3 is 1. The molecule has 3 aromatic rings. The van der Waals surface area contributed by atoms with Crippen LogP contribution in [0.1, 0.15) is 37.0 Å². The van der Waals surface area contributed by atoms with Crippen LogP contribution in [-0.2, 0) is 17.8 Å². The number of anilines is 1. The van der Waals surface area contributed by atoms with Crippen LogP contribution >= 0.6 is 0 Å². The molecule has 6 nitrogen and oxygen atoms in total. The van der Waals surface area contributed by atoms with Crippen molar-refractivity contribution < 1.29 is 9.53 Å². The lowest BCUT2D eigenvalue weighted by Gasteiger charge is -2.31.